The summed E-state index contributed by atoms with van der Waals surface area (Å²) in [4.78, 5) is 22.3. The second-order valence-electron chi connectivity index (χ2n) is 3.33. The summed E-state index contributed by atoms with van der Waals surface area (Å²) in [5.41, 5.74) is 1.09. The van der Waals surface area contributed by atoms with Crippen LogP contribution in [0.4, 0.5) is 0 Å². The van der Waals surface area contributed by atoms with Gasteiger partial charge in [0.05, 0.1) is 6.61 Å². The summed E-state index contributed by atoms with van der Waals surface area (Å²) in [6, 6.07) is 7.67. The average Bonchev–Trinajstić information content (AvgIpc) is 2.19. The largest absolute Gasteiger partial charge is 0.466 e. The van der Waals surface area contributed by atoms with E-state index in [4.69, 9.17) is 4.74 Å². The van der Waals surface area contributed by atoms with Crippen LogP contribution in [0.25, 0.3) is 0 Å². The number of hydrogen-bond donors (Lipinski definition) is 0. The number of rotatable bonds is 4. The van der Waals surface area contributed by atoms with Crippen LogP contribution in [0.2, 0.25) is 0 Å². The molecule has 0 N–H and O–H groups in total. The number of thioether (sulfide) groups is 1. The van der Waals surface area contributed by atoms with Crippen molar-refractivity contribution in [3.8, 4) is 0 Å². The quantitative estimate of drug-likeness (QED) is 0.597. The van der Waals surface area contributed by atoms with Gasteiger partial charge in [-0.1, -0.05) is 23.9 Å². The number of esters is 1. The highest BCUT2D eigenvalue weighted by molar-refractivity contribution is 8.13. The van der Waals surface area contributed by atoms with E-state index in [-0.39, 0.29) is 11.1 Å². The lowest BCUT2D eigenvalue weighted by atomic mass is 10.2. The van der Waals surface area contributed by atoms with Gasteiger partial charge in [-0.3, -0.25) is 9.59 Å². The SMILES string of the molecule is CC(=O)OCCc1ccc(SC(C)=O)cc1. The molecular formula is C12H14O3S. The molecule has 0 aliphatic rings. The first-order valence-corrected chi connectivity index (χ1v) is 5.80. The van der Waals surface area contributed by atoms with Gasteiger partial charge >= 0.3 is 5.97 Å². The predicted octanol–water partition coefficient (Wildman–Crippen LogP) is 2.43. The Morgan fingerprint density at radius 3 is 2.31 bits per heavy atom. The summed E-state index contributed by atoms with van der Waals surface area (Å²) in [6.45, 7) is 3.33. The van der Waals surface area contributed by atoms with E-state index in [9.17, 15) is 9.59 Å². The Balaban J connectivity index is 2.45. The first kappa shape index (κ1) is 12.8. The Morgan fingerprint density at radius 2 is 1.81 bits per heavy atom. The van der Waals surface area contributed by atoms with Crippen molar-refractivity contribution in [1.29, 1.82) is 0 Å². The Kier molecular flexibility index (Phi) is 5.05. The van der Waals surface area contributed by atoms with Gasteiger partial charge in [-0.05, 0) is 17.7 Å². The van der Waals surface area contributed by atoms with E-state index in [1.807, 2.05) is 24.3 Å². The van der Waals surface area contributed by atoms with E-state index in [2.05, 4.69) is 0 Å². The van der Waals surface area contributed by atoms with Gasteiger partial charge in [0.1, 0.15) is 0 Å². The maximum atomic E-state index is 10.9. The van der Waals surface area contributed by atoms with E-state index >= 15 is 0 Å². The molecule has 0 aliphatic heterocycles. The normalized spacial score (nSPS) is 9.88. The third-order valence-electron chi connectivity index (χ3n) is 1.88. The van der Waals surface area contributed by atoms with Crippen molar-refractivity contribution in [3.05, 3.63) is 29.8 Å². The molecule has 0 unspecified atom stereocenters. The Hall–Kier alpha value is -1.29. The van der Waals surface area contributed by atoms with Crippen LogP contribution in [-0.4, -0.2) is 17.7 Å². The molecule has 0 heterocycles. The molecule has 0 atom stereocenters. The summed E-state index contributed by atoms with van der Waals surface area (Å²) in [7, 11) is 0. The second-order valence-corrected chi connectivity index (χ2v) is 4.58. The highest BCUT2D eigenvalue weighted by Gasteiger charge is 1.99. The summed E-state index contributed by atoms with van der Waals surface area (Å²) < 4.78 is 4.84. The number of benzene rings is 1. The van der Waals surface area contributed by atoms with Crippen LogP contribution in [-0.2, 0) is 20.7 Å². The molecule has 0 bridgehead atoms. The molecule has 0 radical (unpaired) electrons. The second kappa shape index (κ2) is 6.33. The molecule has 0 aliphatic carbocycles. The lowest BCUT2D eigenvalue weighted by Gasteiger charge is -2.03. The maximum Gasteiger partial charge on any atom is 0.302 e. The summed E-state index contributed by atoms with van der Waals surface area (Å²) in [5.74, 6) is -0.260. The van der Waals surface area contributed by atoms with Crippen molar-refractivity contribution in [2.75, 3.05) is 6.61 Å². The number of carbonyl (C=O) groups is 2. The zero-order chi connectivity index (χ0) is 12.0. The van der Waals surface area contributed by atoms with Crippen molar-refractivity contribution in [2.24, 2.45) is 0 Å². The summed E-state index contributed by atoms with van der Waals surface area (Å²) in [5, 5.41) is 0.0765. The van der Waals surface area contributed by atoms with Crippen molar-refractivity contribution in [3.63, 3.8) is 0 Å². The van der Waals surface area contributed by atoms with Crippen molar-refractivity contribution >= 4 is 22.8 Å². The molecule has 0 saturated carbocycles. The molecule has 0 aromatic heterocycles. The van der Waals surface area contributed by atoms with Gasteiger partial charge in [0.25, 0.3) is 0 Å². The fraction of sp³-hybridized carbons (Fsp3) is 0.333. The van der Waals surface area contributed by atoms with E-state index in [0.29, 0.717) is 13.0 Å². The van der Waals surface area contributed by atoms with Crippen LogP contribution in [0.1, 0.15) is 19.4 Å². The van der Waals surface area contributed by atoms with E-state index in [0.717, 1.165) is 10.5 Å². The standard InChI is InChI=1S/C12H14O3S/c1-9(13)15-8-7-11-3-5-12(6-4-11)16-10(2)14/h3-6H,7-8H2,1-2H3. The number of ether oxygens (including phenoxy) is 1. The van der Waals surface area contributed by atoms with Gasteiger partial charge in [0, 0.05) is 25.2 Å². The molecule has 86 valence electrons. The molecule has 0 saturated heterocycles. The Labute approximate surface area is 99.2 Å². The number of carbonyl (C=O) groups excluding carboxylic acids is 2. The van der Waals surface area contributed by atoms with Crippen molar-refractivity contribution in [2.45, 2.75) is 25.2 Å². The Bertz CT molecular complexity index is 370. The first-order chi connectivity index (χ1) is 7.58. The fourth-order valence-electron chi connectivity index (χ4n) is 1.20. The van der Waals surface area contributed by atoms with Gasteiger partial charge in [0.2, 0.25) is 0 Å². The molecule has 0 spiro atoms. The Morgan fingerprint density at radius 1 is 1.19 bits per heavy atom. The molecule has 1 aromatic carbocycles. The highest BCUT2D eigenvalue weighted by atomic mass is 32.2. The van der Waals surface area contributed by atoms with Crippen LogP contribution >= 0.6 is 11.8 Å². The molecule has 1 rings (SSSR count). The van der Waals surface area contributed by atoms with Crippen LogP contribution < -0.4 is 0 Å². The van der Waals surface area contributed by atoms with Crippen LogP contribution in [0.5, 0.6) is 0 Å². The lowest BCUT2D eigenvalue weighted by Crippen LogP contribution is -2.03. The molecule has 3 nitrogen and oxygen atoms in total. The summed E-state index contributed by atoms with van der Waals surface area (Å²) in [6.07, 6.45) is 0.699. The topological polar surface area (TPSA) is 43.4 Å². The maximum absolute atomic E-state index is 10.9. The summed E-state index contributed by atoms with van der Waals surface area (Å²) >= 11 is 1.21. The third kappa shape index (κ3) is 4.98. The highest BCUT2D eigenvalue weighted by Crippen LogP contribution is 2.18. The molecule has 16 heavy (non-hydrogen) atoms. The van der Waals surface area contributed by atoms with E-state index < -0.39 is 0 Å². The van der Waals surface area contributed by atoms with Gasteiger partial charge < -0.3 is 4.74 Å². The smallest absolute Gasteiger partial charge is 0.302 e. The number of hydrogen-bond acceptors (Lipinski definition) is 4. The van der Waals surface area contributed by atoms with Crippen LogP contribution in [0.15, 0.2) is 29.2 Å². The minimum atomic E-state index is -0.260. The van der Waals surface area contributed by atoms with E-state index in [1.54, 1.807) is 6.92 Å². The van der Waals surface area contributed by atoms with Gasteiger partial charge in [-0.15, -0.1) is 0 Å². The zero-order valence-corrected chi connectivity index (χ0v) is 10.2. The van der Waals surface area contributed by atoms with Gasteiger partial charge in [0.15, 0.2) is 5.12 Å². The first-order valence-electron chi connectivity index (χ1n) is 4.98. The van der Waals surface area contributed by atoms with E-state index in [1.165, 1.54) is 18.7 Å². The minimum absolute atomic E-state index is 0.0765. The minimum Gasteiger partial charge on any atom is -0.466 e. The third-order valence-corrected chi connectivity index (χ3v) is 2.68. The van der Waals surface area contributed by atoms with Crippen LogP contribution in [0, 0.1) is 0 Å². The van der Waals surface area contributed by atoms with Gasteiger partial charge in [-0.2, -0.15) is 0 Å². The van der Waals surface area contributed by atoms with Crippen LogP contribution in [0.3, 0.4) is 0 Å². The zero-order valence-electron chi connectivity index (χ0n) is 9.36. The monoisotopic (exact) mass is 238 g/mol. The van der Waals surface area contributed by atoms with Gasteiger partial charge in [-0.25, -0.2) is 0 Å². The molecule has 4 heteroatoms. The molecule has 0 amide bonds. The molecule has 1 aromatic rings. The lowest BCUT2D eigenvalue weighted by molar-refractivity contribution is -0.140. The van der Waals surface area contributed by atoms with Crippen molar-refractivity contribution in [1.82, 2.24) is 0 Å². The predicted molar refractivity (Wildman–Crippen MR) is 63.3 cm³/mol. The molecule has 0 fully saturated rings. The molecular weight excluding hydrogens is 224 g/mol. The average molecular weight is 238 g/mol. The fourth-order valence-corrected chi connectivity index (χ4v) is 1.81. The van der Waals surface area contributed by atoms with Crippen molar-refractivity contribution < 1.29 is 14.3 Å².